The van der Waals surface area contributed by atoms with Gasteiger partial charge in [-0.25, -0.2) is 9.98 Å². The number of para-hydroxylation sites is 4. The molecule has 7 nitrogen and oxygen atoms in total. The smallest absolute Gasteiger partial charge is 0.191 e. The van der Waals surface area contributed by atoms with E-state index in [1.54, 1.807) is 0 Å². The van der Waals surface area contributed by atoms with Crippen molar-refractivity contribution in [1.29, 1.82) is 0 Å². The van der Waals surface area contributed by atoms with Gasteiger partial charge in [-0.2, -0.15) is 0 Å². The molecule has 1 atom stereocenters. The number of H-pyrrole nitrogens is 1. The lowest BCUT2D eigenvalue weighted by atomic mass is 10.2. The maximum absolute atomic E-state index is 5.97. The molecule has 0 bridgehead atoms. The predicted molar refractivity (Wildman–Crippen MR) is 110 cm³/mol. The number of aliphatic imine (C=N–C) groups is 1. The number of hydrogen-bond donors (Lipinski definition) is 3. The van der Waals surface area contributed by atoms with Gasteiger partial charge in [0.05, 0.1) is 17.6 Å². The monoisotopic (exact) mass is 379 g/mol. The zero-order valence-electron chi connectivity index (χ0n) is 15.9. The fourth-order valence-corrected chi connectivity index (χ4v) is 3.11. The largest absolute Gasteiger partial charge is 0.486 e. The molecule has 0 aliphatic carbocycles. The second-order valence-corrected chi connectivity index (χ2v) is 6.59. The Balaban J connectivity index is 1.31. The first kappa shape index (κ1) is 18.2. The number of guanidine groups is 1. The van der Waals surface area contributed by atoms with E-state index in [4.69, 9.17) is 9.47 Å². The summed E-state index contributed by atoms with van der Waals surface area (Å²) in [6.07, 6.45) is 0.691. The minimum atomic E-state index is -0.0965. The van der Waals surface area contributed by atoms with Gasteiger partial charge < -0.3 is 25.1 Å². The van der Waals surface area contributed by atoms with Gasteiger partial charge in [0.1, 0.15) is 12.4 Å². The zero-order valence-corrected chi connectivity index (χ0v) is 15.9. The van der Waals surface area contributed by atoms with Crippen LogP contribution in [0, 0.1) is 0 Å². The Hall–Kier alpha value is -3.22. The van der Waals surface area contributed by atoms with Gasteiger partial charge in [-0.1, -0.05) is 24.3 Å². The van der Waals surface area contributed by atoms with E-state index < -0.39 is 0 Å². The lowest BCUT2D eigenvalue weighted by Gasteiger charge is -2.25. The number of benzene rings is 2. The molecule has 1 aliphatic rings. The summed E-state index contributed by atoms with van der Waals surface area (Å²) in [4.78, 5) is 12.6. The Bertz CT molecular complexity index is 920. The molecule has 2 aromatic carbocycles. The molecule has 1 unspecified atom stereocenters. The average Bonchev–Trinajstić information content (AvgIpc) is 3.14. The summed E-state index contributed by atoms with van der Waals surface area (Å²) >= 11 is 0. The highest BCUT2D eigenvalue weighted by atomic mass is 16.6. The molecule has 0 radical (unpaired) electrons. The molecule has 0 amide bonds. The van der Waals surface area contributed by atoms with Gasteiger partial charge in [0.25, 0.3) is 0 Å². The second-order valence-electron chi connectivity index (χ2n) is 6.59. The Morgan fingerprint density at radius 3 is 2.82 bits per heavy atom. The van der Waals surface area contributed by atoms with Crippen molar-refractivity contribution in [3.63, 3.8) is 0 Å². The number of ether oxygens (including phenoxy) is 2. The third kappa shape index (κ3) is 4.36. The van der Waals surface area contributed by atoms with E-state index in [9.17, 15) is 0 Å². The Kier molecular flexibility index (Phi) is 5.61. The Morgan fingerprint density at radius 1 is 1.14 bits per heavy atom. The standard InChI is InChI=1S/C21H25N5O2/c1-2-22-21(23-12-11-20-25-16-7-3-4-8-17(16)26-20)24-13-15-14-27-18-9-5-6-10-19(18)28-15/h3-10,15H,2,11-14H2,1H3,(H,25,26)(H2,22,23,24). The lowest BCUT2D eigenvalue weighted by Crippen LogP contribution is -2.40. The maximum Gasteiger partial charge on any atom is 0.191 e. The first-order valence-corrected chi connectivity index (χ1v) is 9.66. The van der Waals surface area contributed by atoms with Crippen LogP contribution in [0.3, 0.4) is 0 Å². The van der Waals surface area contributed by atoms with Gasteiger partial charge in [0, 0.05) is 19.5 Å². The normalized spacial score (nSPS) is 16.2. The van der Waals surface area contributed by atoms with Gasteiger partial charge in [-0.05, 0) is 31.2 Å². The number of fused-ring (bicyclic) bond motifs is 2. The molecule has 28 heavy (non-hydrogen) atoms. The maximum atomic E-state index is 5.97. The van der Waals surface area contributed by atoms with Crippen LogP contribution < -0.4 is 20.1 Å². The van der Waals surface area contributed by atoms with Crippen LogP contribution in [0.15, 0.2) is 53.5 Å². The van der Waals surface area contributed by atoms with Gasteiger partial charge in [-0.3, -0.25) is 0 Å². The van der Waals surface area contributed by atoms with Crippen LogP contribution in [0.25, 0.3) is 11.0 Å². The molecule has 7 heteroatoms. The van der Waals surface area contributed by atoms with Crippen molar-refractivity contribution in [2.75, 3.05) is 26.2 Å². The molecule has 146 valence electrons. The van der Waals surface area contributed by atoms with E-state index in [2.05, 4.69) is 25.6 Å². The van der Waals surface area contributed by atoms with Gasteiger partial charge in [0.15, 0.2) is 23.6 Å². The van der Waals surface area contributed by atoms with Gasteiger partial charge >= 0.3 is 0 Å². The second kappa shape index (κ2) is 8.65. The Morgan fingerprint density at radius 2 is 1.96 bits per heavy atom. The highest BCUT2D eigenvalue weighted by Crippen LogP contribution is 2.30. The summed E-state index contributed by atoms with van der Waals surface area (Å²) < 4.78 is 11.7. The fraction of sp³-hybridized carbons (Fsp3) is 0.333. The molecule has 4 rings (SSSR count). The highest BCUT2D eigenvalue weighted by Gasteiger charge is 2.20. The number of nitrogens with zero attached hydrogens (tertiary/aromatic N) is 2. The molecule has 3 aromatic rings. The fourth-order valence-electron chi connectivity index (χ4n) is 3.11. The third-order valence-electron chi connectivity index (χ3n) is 4.46. The van der Waals surface area contributed by atoms with E-state index in [0.717, 1.165) is 53.8 Å². The van der Waals surface area contributed by atoms with Gasteiger partial charge in [-0.15, -0.1) is 0 Å². The zero-order chi connectivity index (χ0) is 19.2. The van der Waals surface area contributed by atoms with Crippen molar-refractivity contribution in [3.05, 3.63) is 54.4 Å². The van der Waals surface area contributed by atoms with E-state index in [0.29, 0.717) is 13.2 Å². The van der Waals surface area contributed by atoms with Crippen molar-refractivity contribution in [1.82, 2.24) is 20.6 Å². The van der Waals surface area contributed by atoms with Crippen molar-refractivity contribution < 1.29 is 9.47 Å². The first-order valence-electron chi connectivity index (χ1n) is 9.66. The van der Waals surface area contributed by atoms with Crippen LogP contribution in [-0.2, 0) is 6.42 Å². The van der Waals surface area contributed by atoms with E-state index in [1.807, 2.05) is 55.5 Å². The van der Waals surface area contributed by atoms with Crippen LogP contribution in [0.2, 0.25) is 0 Å². The third-order valence-corrected chi connectivity index (χ3v) is 4.46. The van der Waals surface area contributed by atoms with E-state index in [1.165, 1.54) is 0 Å². The van der Waals surface area contributed by atoms with Crippen LogP contribution in [0.1, 0.15) is 12.7 Å². The molecule has 0 fully saturated rings. The van der Waals surface area contributed by atoms with Crippen LogP contribution in [0.5, 0.6) is 11.5 Å². The van der Waals surface area contributed by atoms with Crippen molar-refractivity contribution >= 4 is 17.0 Å². The van der Waals surface area contributed by atoms with Gasteiger partial charge in [0.2, 0.25) is 0 Å². The number of rotatable bonds is 6. The number of imidazole rings is 1. The van der Waals surface area contributed by atoms with Crippen LogP contribution >= 0.6 is 0 Å². The van der Waals surface area contributed by atoms with Crippen LogP contribution in [0.4, 0.5) is 0 Å². The van der Waals surface area contributed by atoms with Crippen LogP contribution in [-0.4, -0.2) is 48.3 Å². The number of aromatic amines is 1. The molecule has 1 aliphatic heterocycles. The number of nitrogens with one attached hydrogen (secondary N) is 3. The van der Waals surface area contributed by atoms with E-state index >= 15 is 0 Å². The molecular formula is C21H25N5O2. The van der Waals surface area contributed by atoms with Crippen molar-refractivity contribution in [3.8, 4) is 11.5 Å². The summed E-state index contributed by atoms with van der Waals surface area (Å²) in [7, 11) is 0. The molecule has 1 aromatic heterocycles. The van der Waals surface area contributed by atoms with Crippen molar-refractivity contribution in [2.45, 2.75) is 19.4 Å². The molecule has 0 spiro atoms. The molecule has 0 saturated carbocycles. The summed E-state index contributed by atoms with van der Waals surface area (Å²) in [6, 6.07) is 15.8. The Labute approximate surface area is 164 Å². The summed E-state index contributed by atoms with van der Waals surface area (Å²) in [5.41, 5.74) is 2.06. The summed E-state index contributed by atoms with van der Waals surface area (Å²) in [5.74, 6) is 3.29. The topological polar surface area (TPSA) is 83.6 Å². The summed E-state index contributed by atoms with van der Waals surface area (Å²) in [6.45, 7) is 4.60. The van der Waals surface area contributed by atoms with Crippen molar-refractivity contribution in [2.24, 2.45) is 4.99 Å². The lowest BCUT2D eigenvalue weighted by molar-refractivity contribution is 0.0971. The molecular weight excluding hydrogens is 354 g/mol. The predicted octanol–water partition coefficient (Wildman–Crippen LogP) is 2.50. The number of aromatic nitrogens is 2. The first-order chi connectivity index (χ1) is 13.8. The average molecular weight is 379 g/mol. The highest BCUT2D eigenvalue weighted by molar-refractivity contribution is 5.79. The number of hydrogen-bond acceptors (Lipinski definition) is 4. The molecule has 3 N–H and O–H groups in total. The quantitative estimate of drug-likeness (QED) is 0.453. The SMILES string of the molecule is CCNC(=NCC1COc2ccccc2O1)NCCc1nc2ccccc2[nH]1. The minimum Gasteiger partial charge on any atom is -0.486 e. The minimum absolute atomic E-state index is 0.0965. The summed E-state index contributed by atoms with van der Waals surface area (Å²) in [5, 5.41) is 6.62. The van der Waals surface area contributed by atoms with E-state index in [-0.39, 0.29) is 6.10 Å². The molecule has 2 heterocycles. The molecule has 0 saturated heterocycles.